The maximum atomic E-state index is 13.3. The highest BCUT2D eigenvalue weighted by molar-refractivity contribution is 7.90. The molecule has 0 fully saturated rings. The number of hydrogen-bond acceptors (Lipinski definition) is 5. The van der Waals surface area contributed by atoms with Gasteiger partial charge >= 0.3 is 0 Å². The van der Waals surface area contributed by atoms with Crippen molar-refractivity contribution < 1.29 is 22.7 Å². The van der Waals surface area contributed by atoms with Crippen LogP contribution in [0, 0.1) is 6.92 Å². The number of carbonyl (C=O) groups is 1. The van der Waals surface area contributed by atoms with E-state index in [-0.39, 0.29) is 4.90 Å². The van der Waals surface area contributed by atoms with Crippen molar-refractivity contribution in [3.8, 4) is 11.5 Å². The van der Waals surface area contributed by atoms with Crippen LogP contribution in [0.4, 0.5) is 0 Å². The van der Waals surface area contributed by atoms with Gasteiger partial charge in [0.2, 0.25) is 0 Å². The summed E-state index contributed by atoms with van der Waals surface area (Å²) in [4.78, 5) is 11.0. The summed E-state index contributed by atoms with van der Waals surface area (Å²) in [6.07, 6.45) is 3.18. The number of aromatic nitrogens is 1. The smallest absolute Gasteiger partial charge is 0.268 e. The molecule has 6 nitrogen and oxygen atoms in total. The van der Waals surface area contributed by atoms with E-state index in [0.717, 1.165) is 22.8 Å². The first kappa shape index (κ1) is 19.0. The molecule has 1 aromatic heterocycles. The van der Waals surface area contributed by atoms with Crippen molar-refractivity contribution in [3.63, 3.8) is 0 Å². The quantitative estimate of drug-likeness (QED) is 0.581. The molecule has 0 N–H and O–H groups in total. The number of carbonyl (C=O) groups excluding carboxylic acids is 1. The molecule has 142 valence electrons. The van der Waals surface area contributed by atoms with Crippen molar-refractivity contribution in [1.82, 2.24) is 3.97 Å². The third kappa shape index (κ3) is 3.42. The Labute approximate surface area is 158 Å². The van der Waals surface area contributed by atoms with Crippen LogP contribution in [0.1, 0.15) is 17.5 Å². The van der Waals surface area contributed by atoms with Crippen LogP contribution in [0.15, 0.2) is 47.5 Å². The molecule has 3 aromatic rings. The molecular formula is C20H21NO5S. The normalized spacial score (nSPS) is 11.5. The Morgan fingerprint density at radius 1 is 1.07 bits per heavy atom. The predicted octanol–water partition coefficient (Wildman–Crippen LogP) is 3.34. The number of aldehydes is 1. The minimum absolute atomic E-state index is 0.176. The summed E-state index contributed by atoms with van der Waals surface area (Å²) in [5.41, 5.74) is 2.06. The molecule has 0 saturated carbocycles. The summed E-state index contributed by atoms with van der Waals surface area (Å²) in [5, 5.41) is 0.755. The van der Waals surface area contributed by atoms with Crippen LogP contribution in [0.5, 0.6) is 11.5 Å². The van der Waals surface area contributed by atoms with E-state index >= 15 is 0 Å². The van der Waals surface area contributed by atoms with Gasteiger partial charge in [-0.25, -0.2) is 12.4 Å². The average Bonchev–Trinajstić information content (AvgIpc) is 3.04. The van der Waals surface area contributed by atoms with Crippen LogP contribution in [0.25, 0.3) is 10.9 Å². The Morgan fingerprint density at radius 3 is 2.48 bits per heavy atom. The second-order valence-electron chi connectivity index (χ2n) is 6.18. The number of methoxy groups -OCH3 is 2. The van der Waals surface area contributed by atoms with Crippen molar-refractivity contribution in [2.45, 2.75) is 24.7 Å². The number of hydrogen-bond donors (Lipinski definition) is 0. The first-order valence-electron chi connectivity index (χ1n) is 8.44. The Morgan fingerprint density at radius 2 is 1.85 bits per heavy atom. The average molecular weight is 387 g/mol. The molecule has 0 unspecified atom stereocenters. The van der Waals surface area contributed by atoms with Crippen LogP contribution in [0.3, 0.4) is 0 Å². The molecule has 2 aromatic carbocycles. The molecule has 0 aliphatic carbocycles. The first-order chi connectivity index (χ1) is 12.9. The molecule has 0 aliphatic rings. The number of rotatable bonds is 7. The molecule has 0 spiro atoms. The Bertz CT molecular complexity index is 1100. The predicted molar refractivity (Wildman–Crippen MR) is 103 cm³/mol. The van der Waals surface area contributed by atoms with E-state index in [9.17, 15) is 13.2 Å². The van der Waals surface area contributed by atoms with Gasteiger partial charge in [-0.3, -0.25) is 0 Å². The second-order valence-corrected chi connectivity index (χ2v) is 7.99. The first-order valence-corrected chi connectivity index (χ1v) is 9.88. The maximum Gasteiger partial charge on any atom is 0.268 e. The lowest BCUT2D eigenvalue weighted by Gasteiger charge is -2.10. The lowest BCUT2D eigenvalue weighted by Crippen LogP contribution is -2.12. The molecule has 0 radical (unpaired) electrons. The zero-order valence-electron chi connectivity index (χ0n) is 15.4. The number of benzene rings is 2. The van der Waals surface area contributed by atoms with Gasteiger partial charge in [-0.2, -0.15) is 0 Å². The third-order valence-corrected chi connectivity index (χ3v) is 6.18. The van der Waals surface area contributed by atoms with E-state index in [1.54, 1.807) is 57.7 Å². The fraction of sp³-hybridized carbons (Fsp3) is 0.250. The van der Waals surface area contributed by atoms with Gasteiger partial charge in [0, 0.05) is 18.0 Å². The third-order valence-electron chi connectivity index (χ3n) is 4.51. The Balaban J connectivity index is 2.20. The molecule has 27 heavy (non-hydrogen) atoms. The van der Waals surface area contributed by atoms with Crippen molar-refractivity contribution in [2.75, 3.05) is 14.2 Å². The maximum absolute atomic E-state index is 13.3. The summed E-state index contributed by atoms with van der Waals surface area (Å²) in [5.74, 6) is 1.26. The molecule has 0 saturated heterocycles. The fourth-order valence-corrected chi connectivity index (χ4v) is 4.59. The number of fused-ring (bicyclic) bond motifs is 1. The van der Waals surface area contributed by atoms with Crippen molar-refractivity contribution in [1.29, 1.82) is 0 Å². The van der Waals surface area contributed by atoms with Crippen molar-refractivity contribution in [2.24, 2.45) is 0 Å². The van der Waals surface area contributed by atoms with Crippen molar-refractivity contribution >= 4 is 27.2 Å². The lowest BCUT2D eigenvalue weighted by molar-refractivity contribution is -0.107. The van der Waals surface area contributed by atoms with E-state index in [0.29, 0.717) is 29.9 Å². The lowest BCUT2D eigenvalue weighted by atomic mass is 10.1. The molecule has 7 heteroatoms. The molecule has 0 bridgehead atoms. The highest BCUT2D eigenvalue weighted by atomic mass is 32.2. The zero-order valence-corrected chi connectivity index (χ0v) is 16.2. The second kappa shape index (κ2) is 7.44. The van der Waals surface area contributed by atoms with Gasteiger partial charge < -0.3 is 14.3 Å². The van der Waals surface area contributed by atoms with Crippen LogP contribution >= 0.6 is 0 Å². The fourth-order valence-electron chi connectivity index (χ4n) is 3.11. The summed E-state index contributed by atoms with van der Waals surface area (Å²) in [6.45, 7) is 1.80. The van der Waals surface area contributed by atoms with Gasteiger partial charge in [-0.05, 0) is 60.9 Å². The molecule has 3 rings (SSSR count). The summed E-state index contributed by atoms with van der Waals surface area (Å²) in [6, 6.07) is 9.99. The van der Waals surface area contributed by atoms with E-state index in [1.807, 2.05) is 0 Å². The minimum Gasteiger partial charge on any atom is -0.497 e. The van der Waals surface area contributed by atoms with Gasteiger partial charge in [-0.1, -0.05) is 0 Å². The molecule has 1 heterocycles. The van der Waals surface area contributed by atoms with E-state index in [2.05, 4.69) is 0 Å². The van der Waals surface area contributed by atoms with Crippen LogP contribution < -0.4 is 9.47 Å². The number of ether oxygens (including phenoxy) is 2. The SMILES string of the molecule is COc1ccc2c(c1)c(CCC=O)cn2S(=O)(=O)c1ccc(OC)c(C)c1. The molecule has 0 atom stereocenters. The van der Waals surface area contributed by atoms with E-state index in [1.165, 1.54) is 10.0 Å². The monoisotopic (exact) mass is 387 g/mol. The number of nitrogens with zero attached hydrogens (tertiary/aromatic N) is 1. The van der Waals surface area contributed by atoms with Gasteiger partial charge in [0.05, 0.1) is 24.6 Å². The van der Waals surface area contributed by atoms with Gasteiger partial charge in [0.15, 0.2) is 0 Å². The van der Waals surface area contributed by atoms with Crippen molar-refractivity contribution in [3.05, 3.63) is 53.7 Å². The van der Waals surface area contributed by atoms with Crippen LogP contribution in [-0.4, -0.2) is 32.9 Å². The Kier molecular flexibility index (Phi) is 5.23. The summed E-state index contributed by atoms with van der Waals surface area (Å²) >= 11 is 0. The number of aryl methyl sites for hydroxylation is 2. The highest BCUT2D eigenvalue weighted by Crippen LogP contribution is 2.31. The highest BCUT2D eigenvalue weighted by Gasteiger charge is 2.22. The largest absolute Gasteiger partial charge is 0.497 e. The molecule has 0 aliphatic heterocycles. The zero-order chi connectivity index (χ0) is 19.6. The standard InChI is InChI=1S/C20H21NO5S/c1-14-11-17(7-9-20(14)26-3)27(23,24)21-13-15(5-4-10-22)18-12-16(25-2)6-8-19(18)21/h6-13H,4-5H2,1-3H3. The van der Waals surface area contributed by atoms with E-state index < -0.39 is 10.0 Å². The van der Waals surface area contributed by atoms with Gasteiger partial charge in [0.25, 0.3) is 10.0 Å². The summed E-state index contributed by atoms with van der Waals surface area (Å²) < 4.78 is 38.3. The minimum atomic E-state index is -3.80. The van der Waals surface area contributed by atoms with Gasteiger partial charge in [-0.15, -0.1) is 0 Å². The van der Waals surface area contributed by atoms with Gasteiger partial charge in [0.1, 0.15) is 17.8 Å². The Hall–Kier alpha value is -2.80. The molecule has 0 amide bonds. The topological polar surface area (TPSA) is 74.6 Å². The van der Waals surface area contributed by atoms with Crippen LogP contribution in [0.2, 0.25) is 0 Å². The summed E-state index contributed by atoms with van der Waals surface area (Å²) in [7, 11) is -0.705. The molecular weight excluding hydrogens is 366 g/mol. The van der Waals surface area contributed by atoms with Crippen LogP contribution in [-0.2, 0) is 21.2 Å². The van der Waals surface area contributed by atoms with E-state index in [4.69, 9.17) is 9.47 Å².